The van der Waals surface area contributed by atoms with Gasteiger partial charge in [0.2, 0.25) is 10.0 Å². The van der Waals surface area contributed by atoms with Crippen molar-refractivity contribution in [2.75, 3.05) is 13.1 Å². The molecule has 1 fully saturated rings. The van der Waals surface area contributed by atoms with Crippen molar-refractivity contribution in [3.8, 4) is 6.07 Å². The minimum absolute atomic E-state index is 0.203. The lowest BCUT2D eigenvalue weighted by molar-refractivity contribution is 0.239. The summed E-state index contributed by atoms with van der Waals surface area (Å²) in [4.78, 5) is 4.15. The second kappa shape index (κ2) is 6.71. The molecule has 0 unspecified atom stereocenters. The highest BCUT2D eigenvalue weighted by Crippen LogP contribution is 2.27. The molecule has 126 valence electrons. The molecule has 0 saturated carbocycles. The molecule has 0 bridgehead atoms. The van der Waals surface area contributed by atoms with Gasteiger partial charge in [-0.25, -0.2) is 13.4 Å². The van der Waals surface area contributed by atoms with Gasteiger partial charge in [-0.05, 0) is 43.4 Å². The molecule has 2 heterocycles. The van der Waals surface area contributed by atoms with Crippen LogP contribution >= 0.6 is 0 Å². The third kappa shape index (κ3) is 3.32. The molecule has 0 aliphatic carbocycles. The van der Waals surface area contributed by atoms with Crippen LogP contribution in [-0.4, -0.2) is 40.6 Å². The van der Waals surface area contributed by atoms with Crippen molar-refractivity contribution in [2.45, 2.75) is 31.2 Å². The van der Waals surface area contributed by atoms with Gasteiger partial charge in [-0.15, -0.1) is 0 Å². The highest BCUT2D eigenvalue weighted by molar-refractivity contribution is 7.89. The van der Waals surface area contributed by atoms with Gasteiger partial charge in [0, 0.05) is 19.6 Å². The number of aromatic nitrogens is 3. The van der Waals surface area contributed by atoms with Crippen LogP contribution in [0.1, 0.15) is 24.0 Å². The number of nitrogens with zero attached hydrogens (tertiary/aromatic N) is 5. The first-order valence-corrected chi connectivity index (χ1v) is 9.28. The Kier molecular flexibility index (Phi) is 4.64. The number of piperidine rings is 1. The van der Waals surface area contributed by atoms with E-state index in [2.05, 4.69) is 10.1 Å². The lowest BCUT2D eigenvalue weighted by atomic mass is 10.00. The molecule has 1 aromatic carbocycles. The molecule has 1 aromatic heterocycles. The number of hydrogen-bond donors (Lipinski definition) is 0. The van der Waals surface area contributed by atoms with E-state index < -0.39 is 10.0 Å². The lowest BCUT2D eigenvalue weighted by Crippen LogP contribution is -2.41. The van der Waals surface area contributed by atoms with Gasteiger partial charge in [-0.3, -0.25) is 4.68 Å². The highest BCUT2D eigenvalue weighted by Gasteiger charge is 2.31. The lowest BCUT2D eigenvalue weighted by Gasteiger charge is -2.32. The molecule has 1 atom stereocenters. The predicted molar refractivity (Wildman–Crippen MR) is 87.4 cm³/mol. The molecule has 0 amide bonds. The first kappa shape index (κ1) is 16.6. The maximum absolute atomic E-state index is 13.0. The Morgan fingerprint density at radius 2 is 2.25 bits per heavy atom. The fourth-order valence-corrected chi connectivity index (χ4v) is 4.88. The van der Waals surface area contributed by atoms with E-state index in [1.54, 1.807) is 30.1 Å². The van der Waals surface area contributed by atoms with E-state index in [0.29, 0.717) is 30.8 Å². The van der Waals surface area contributed by atoms with Crippen LogP contribution < -0.4 is 0 Å². The summed E-state index contributed by atoms with van der Waals surface area (Å²) in [5.41, 5.74) is 1.02. The summed E-state index contributed by atoms with van der Waals surface area (Å²) in [5, 5.41) is 13.1. The third-order valence-corrected chi connectivity index (χ3v) is 6.34. The van der Waals surface area contributed by atoms with Crippen molar-refractivity contribution in [3.05, 3.63) is 42.0 Å². The molecule has 0 spiro atoms. The van der Waals surface area contributed by atoms with Crippen LogP contribution in [0.4, 0.5) is 0 Å². The fourth-order valence-electron chi connectivity index (χ4n) is 3.07. The summed E-state index contributed by atoms with van der Waals surface area (Å²) >= 11 is 0. The predicted octanol–water partition coefficient (Wildman–Crippen LogP) is 1.56. The van der Waals surface area contributed by atoms with E-state index in [1.807, 2.05) is 6.07 Å². The molecule has 3 rings (SSSR count). The van der Waals surface area contributed by atoms with Gasteiger partial charge in [-0.1, -0.05) is 6.07 Å². The Morgan fingerprint density at radius 3 is 2.96 bits per heavy atom. The van der Waals surface area contributed by atoms with Crippen molar-refractivity contribution < 1.29 is 8.42 Å². The van der Waals surface area contributed by atoms with Crippen LogP contribution in [0.25, 0.3) is 0 Å². The van der Waals surface area contributed by atoms with Crippen molar-refractivity contribution in [1.82, 2.24) is 19.1 Å². The normalized spacial score (nSPS) is 19.1. The average Bonchev–Trinajstić information content (AvgIpc) is 3.08. The summed E-state index contributed by atoms with van der Waals surface area (Å²) in [5.74, 6) is 0.203. The maximum Gasteiger partial charge on any atom is 0.243 e. The summed E-state index contributed by atoms with van der Waals surface area (Å²) in [6.45, 7) is 3.37. The van der Waals surface area contributed by atoms with Gasteiger partial charge >= 0.3 is 0 Å². The molecule has 1 aliphatic heterocycles. The van der Waals surface area contributed by atoms with Gasteiger partial charge in [0.05, 0.1) is 16.5 Å². The van der Waals surface area contributed by atoms with Gasteiger partial charge in [0.1, 0.15) is 12.7 Å². The van der Waals surface area contributed by atoms with Crippen molar-refractivity contribution in [3.63, 3.8) is 0 Å². The monoisotopic (exact) mass is 345 g/mol. The number of nitriles is 1. The topological polar surface area (TPSA) is 91.9 Å². The second-order valence-electron chi connectivity index (χ2n) is 6.08. The van der Waals surface area contributed by atoms with Crippen LogP contribution in [0, 0.1) is 24.2 Å². The molecule has 0 radical (unpaired) electrons. The largest absolute Gasteiger partial charge is 0.253 e. The van der Waals surface area contributed by atoms with Crippen molar-refractivity contribution in [1.29, 1.82) is 5.26 Å². The fraction of sp³-hybridized carbons (Fsp3) is 0.438. The van der Waals surface area contributed by atoms with E-state index in [9.17, 15) is 8.42 Å². The van der Waals surface area contributed by atoms with E-state index >= 15 is 0 Å². The number of sulfonamides is 1. The van der Waals surface area contributed by atoms with Gasteiger partial charge in [0.25, 0.3) is 0 Å². The van der Waals surface area contributed by atoms with E-state index in [1.165, 1.54) is 16.7 Å². The Labute approximate surface area is 141 Å². The van der Waals surface area contributed by atoms with Gasteiger partial charge in [-0.2, -0.15) is 14.7 Å². The SMILES string of the molecule is Cc1ccc(C#N)cc1S(=O)(=O)N1CCC[C@H](Cn2cncn2)C1. The zero-order valence-electron chi connectivity index (χ0n) is 13.5. The maximum atomic E-state index is 13.0. The van der Waals surface area contributed by atoms with E-state index in [-0.39, 0.29) is 10.8 Å². The second-order valence-corrected chi connectivity index (χ2v) is 7.99. The summed E-state index contributed by atoms with van der Waals surface area (Å²) in [6.07, 6.45) is 4.90. The smallest absolute Gasteiger partial charge is 0.243 e. The van der Waals surface area contributed by atoms with Crippen LogP contribution in [0.5, 0.6) is 0 Å². The molecule has 24 heavy (non-hydrogen) atoms. The third-order valence-electron chi connectivity index (χ3n) is 4.33. The molecule has 0 N–H and O–H groups in total. The van der Waals surface area contributed by atoms with Gasteiger partial charge < -0.3 is 0 Å². The first-order valence-electron chi connectivity index (χ1n) is 7.84. The zero-order valence-corrected chi connectivity index (χ0v) is 14.3. The Hall–Kier alpha value is -2.24. The minimum atomic E-state index is -3.60. The molecule has 2 aromatic rings. The van der Waals surface area contributed by atoms with Crippen molar-refractivity contribution >= 4 is 10.0 Å². The molecule has 8 heteroatoms. The van der Waals surface area contributed by atoms with Crippen LogP contribution in [0.3, 0.4) is 0 Å². The Morgan fingerprint density at radius 1 is 1.42 bits per heavy atom. The van der Waals surface area contributed by atoms with Crippen molar-refractivity contribution in [2.24, 2.45) is 5.92 Å². The molecule has 1 aliphatic rings. The molecular formula is C16H19N5O2S. The van der Waals surface area contributed by atoms with Crippen LogP contribution in [0.15, 0.2) is 35.7 Å². The summed E-state index contributed by atoms with van der Waals surface area (Å²) in [7, 11) is -3.60. The van der Waals surface area contributed by atoms with E-state index in [0.717, 1.165) is 12.8 Å². The molecule has 7 nitrogen and oxygen atoms in total. The van der Waals surface area contributed by atoms with Crippen LogP contribution in [0.2, 0.25) is 0 Å². The summed E-state index contributed by atoms with van der Waals surface area (Å²) in [6, 6.07) is 6.79. The molecule has 1 saturated heterocycles. The number of rotatable bonds is 4. The quantitative estimate of drug-likeness (QED) is 0.838. The first-order chi connectivity index (χ1) is 11.5. The average molecular weight is 345 g/mol. The van der Waals surface area contributed by atoms with Gasteiger partial charge in [0.15, 0.2) is 0 Å². The minimum Gasteiger partial charge on any atom is -0.253 e. The Balaban J connectivity index is 1.83. The van der Waals surface area contributed by atoms with E-state index in [4.69, 9.17) is 5.26 Å². The van der Waals surface area contributed by atoms with Crippen LogP contribution in [-0.2, 0) is 16.6 Å². The Bertz CT molecular complexity index is 855. The number of hydrogen-bond acceptors (Lipinski definition) is 5. The number of aryl methyl sites for hydroxylation is 1. The standard InChI is InChI=1S/C16H19N5O2S/c1-13-4-5-14(8-17)7-16(13)24(22,23)21-6-2-3-15(10-21)9-20-12-18-11-19-20/h4-5,7,11-12,15H,2-3,6,9-10H2,1H3/t15-/m1/s1. The highest BCUT2D eigenvalue weighted by atomic mass is 32.2. The summed E-state index contributed by atoms with van der Waals surface area (Å²) < 4.78 is 29.3. The number of benzene rings is 1. The zero-order chi connectivity index (χ0) is 17.2. The molecular weight excluding hydrogens is 326 g/mol.